The van der Waals surface area contributed by atoms with Crippen LogP contribution in [-0.2, 0) is 23.7 Å². The number of hydrogen-bond acceptors (Lipinski definition) is 2. The van der Waals surface area contributed by atoms with E-state index >= 15 is 0 Å². The fourth-order valence-electron chi connectivity index (χ4n) is 14.3. The van der Waals surface area contributed by atoms with Crippen LogP contribution in [0, 0.1) is 0 Å². The van der Waals surface area contributed by atoms with E-state index in [1.54, 1.807) is 0 Å². The highest BCUT2D eigenvalue weighted by Gasteiger charge is 2.48. The molecule has 0 radical (unpaired) electrons. The van der Waals surface area contributed by atoms with E-state index in [9.17, 15) is 0 Å². The van der Waals surface area contributed by atoms with Gasteiger partial charge in [0, 0.05) is 45.0 Å². The molecule has 11 aromatic carbocycles. The third-order valence-corrected chi connectivity index (χ3v) is 17.6. The highest BCUT2D eigenvalue weighted by molar-refractivity contribution is 5.90. The van der Waals surface area contributed by atoms with E-state index in [2.05, 4.69) is 277 Å². The summed E-state index contributed by atoms with van der Waals surface area (Å²) >= 11 is 0. The van der Waals surface area contributed by atoms with Crippen LogP contribution in [-0.4, -0.2) is 0 Å². The maximum Gasteiger partial charge on any atom is 0.0467 e. The quantitative estimate of drug-likeness (QED) is 0.150. The van der Waals surface area contributed by atoms with Gasteiger partial charge >= 0.3 is 0 Å². The molecule has 2 nitrogen and oxygen atoms in total. The number of nitrogens with zero attached hydrogens (tertiary/aromatic N) is 2. The summed E-state index contributed by atoms with van der Waals surface area (Å²) in [7, 11) is 0. The summed E-state index contributed by atoms with van der Waals surface area (Å²) in [5, 5.41) is 0. The molecule has 0 saturated carbocycles. The molecule has 0 aromatic heterocycles. The molecule has 0 N–H and O–H groups in total. The molecule has 11 aromatic rings. The maximum atomic E-state index is 2.50. The van der Waals surface area contributed by atoms with Gasteiger partial charge in [-0.15, -0.1) is 0 Å². The van der Waals surface area contributed by atoms with Gasteiger partial charge in [0.05, 0.1) is 0 Å². The van der Waals surface area contributed by atoms with Crippen LogP contribution in [0.4, 0.5) is 34.1 Å². The summed E-state index contributed by atoms with van der Waals surface area (Å²) in [6.07, 6.45) is 6.82. The van der Waals surface area contributed by atoms with Gasteiger partial charge < -0.3 is 9.80 Å². The topological polar surface area (TPSA) is 6.48 Å². The van der Waals surface area contributed by atoms with Crippen LogP contribution >= 0.6 is 0 Å². The Hall–Kier alpha value is -8.98. The highest BCUT2D eigenvalue weighted by Crippen LogP contribution is 2.60. The first-order valence-corrected chi connectivity index (χ1v) is 27.3. The first kappa shape index (κ1) is 44.5. The molecule has 362 valence electrons. The third-order valence-electron chi connectivity index (χ3n) is 17.6. The number of para-hydroxylation sites is 2. The van der Waals surface area contributed by atoms with Gasteiger partial charge in [-0.3, -0.25) is 0 Å². The summed E-state index contributed by atoms with van der Waals surface area (Å²) in [5.41, 5.74) is 28.4. The number of benzene rings is 11. The summed E-state index contributed by atoms with van der Waals surface area (Å²) < 4.78 is 0. The van der Waals surface area contributed by atoms with Gasteiger partial charge in [-0.2, -0.15) is 0 Å². The smallest absolute Gasteiger partial charge is 0.0467 e. The van der Waals surface area contributed by atoms with E-state index in [1.807, 2.05) is 0 Å². The Morgan fingerprint density at radius 3 is 0.947 bits per heavy atom. The standard InChI is InChI=1S/C74H56N2/c1-3-21-57(22-4-1)75(61-43-45-65-63-25-9-13-29-69(63)73(71(65)49-61)47-15-19-55-17-7-11-27-67(55)73)59-39-35-53(36-40-59)51-31-33-52(34-32-51)54-37-41-60(42-38-54)76(58-23-5-2-6-24-58)62-44-46-66-64-26-10-14-30-70(64)74(72(66)50-62)48-16-20-56-18-8-12-28-68(56)74/h1-14,17-18,21-46,49-50H,15-16,19-20,47-48H2. The number of rotatable bonds is 8. The molecule has 76 heavy (non-hydrogen) atoms. The lowest BCUT2D eigenvalue weighted by molar-refractivity contribution is 0.507. The summed E-state index contributed by atoms with van der Waals surface area (Å²) in [4.78, 5) is 4.85. The lowest BCUT2D eigenvalue weighted by Crippen LogP contribution is -2.31. The average molecular weight is 973 g/mol. The van der Waals surface area contributed by atoms with E-state index in [0.29, 0.717) is 0 Å². The molecule has 0 fully saturated rings. The lowest BCUT2D eigenvalue weighted by Gasteiger charge is -2.38. The van der Waals surface area contributed by atoms with Crippen LogP contribution in [0.2, 0.25) is 0 Å². The van der Waals surface area contributed by atoms with Crippen molar-refractivity contribution in [3.05, 3.63) is 311 Å². The molecule has 2 heteroatoms. The van der Waals surface area contributed by atoms with E-state index in [4.69, 9.17) is 0 Å². The predicted molar refractivity (Wildman–Crippen MR) is 316 cm³/mol. The second-order valence-corrected chi connectivity index (χ2v) is 21.4. The van der Waals surface area contributed by atoms with Gasteiger partial charge in [0.1, 0.15) is 0 Å². The van der Waals surface area contributed by atoms with Crippen LogP contribution in [0.3, 0.4) is 0 Å². The Balaban J connectivity index is 0.735. The minimum Gasteiger partial charge on any atom is -0.310 e. The number of aryl methyl sites for hydroxylation is 2. The number of hydrogen-bond donors (Lipinski definition) is 0. The maximum absolute atomic E-state index is 2.50. The Morgan fingerprint density at radius 1 is 0.237 bits per heavy atom. The van der Waals surface area contributed by atoms with Gasteiger partial charge in [-0.25, -0.2) is 0 Å². The SMILES string of the molecule is c1ccc(N(c2ccc(-c3ccc(-c4ccc(N(c5ccccc5)c5ccc6c(c5)C5(CCCc7ccccc75)c5ccccc5-6)cc4)cc3)cc2)c2ccc3c(c2)C2(CCCc4ccccc42)c2ccccc2-3)cc1. The first-order chi connectivity index (χ1) is 37.7. The highest BCUT2D eigenvalue weighted by atomic mass is 15.1. The molecule has 4 aliphatic carbocycles. The third kappa shape index (κ3) is 6.87. The van der Waals surface area contributed by atoms with Crippen molar-refractivity contribution in [2.45, 2.75) is 49.4 Å². The van der Waals surface area contributed by atoms with Crippen LogP contribution < -0.4 is 9.80 Å². The minimum atomic E-state index is -0.164. The zero-order valence-corrected chi connectivity index (χ0v) is 42.5. The predicted octanol–water partition coefficient (Wildman–Crippen LogP) is 19.3. The monoisotopic (exact) mass is 972 g/mol. The average Bonchev–Trinajstić information content (AvgIpc) is 4.06. The summed E-state index contributed by atoms with van der Waals surface area (Å²) in [6, 6.07) is 100. The van der Waals surface area contributed by atoms with E-state index in [1.165, 1.54) is 113 Å². The number of fused-ring (bicyclic) bond motifs is 14. The molecule has 0 amide bonds. The van der Waals surface area contributed by atoms with Crippen LogP contribution in [0.5, 0.6) is 0 Å². The molecule has 0 aliphatic heterocycles. The van der Waals surface area contributed by atoms with Crippen LogP contribution in [0.1, 0.15) is 70.2 Å². The van der Waals surface area contributed by atoms with Gasteiger partial charge in [-0.05, 0) is 200 Å². The van der Waals surface area contributed by atoms with E-state index in [0.717, 1.165) is 48.4 Å². The van der Waals surface area contributed by atoms with Crippen LogP contribution in [0.25, 0.3) is 44.5 Å². The molecule has 0 saturated heterocycles. The number of anilines is 6. The Bertz CT molecular complexity index is 3730. The van der Waals surface area contributed by atoms with Crippen LogP contribution in [0.15, 0.2) is 267 Å². The molecular formula is C74H56N2. The summed E-state index contributed by atoms with van der Waals surface area (Å²) in [6.45, 7) is 0. The second kappa shape index (κ2) is 17.9. The molecule has 0 heterocycles. The first-order valence-electron chi connectivity index (χ1n) is 27.3. The second-order valence-electron chi connectivity index (χ2n) is 21.4. The van der Waals surface area contributed by atoms with E-state index in [-0.39, 0.29) is 10.8 Å². The molecule has 2 unspecified atom stereocenters. The van der Waals surface area contributed by atoms with Crippen molar-refractivity contribution in [1.82, 2.24) is 0 Å². The fraction of sp³-hybridized carbons (Fsp3) is 0.108. The lowest BCUT2D eigenvalue weighted by atomic mass is 9.64. The molecule has 2 spiro atoms. The molecular weight excluding hydrogens is 917 g/mol. The van der Waals surface area contributed by atoms with Gasteiger partial charge in [0.2, 0.25) is 0 Å². The van der Waals surface area contributed by atoms with Crippen molar-refractivity contribution in [1.29, 1.82) is 0 Å². The van der Waals surface area contributed by atoms with Gasteiger partial charge in [-0.1, -0.05) is 194 Å². The largest absolute Gasteiger partial charge is 0.310 e. The van der Waals surface area contributed by atoms with Crippen molar-refractivity contribution >= 4 is 34.1 Å². The fourth-order valence-corrected chi connectivity index (χ4v) is 14.3. The van der Waals surface area contributed by atoms with Crippen molar-refractivity contribution in [3.63, 3.8) is 0 Å². The van der Waals surface area contributed by atoms with Crippen molar-refractivity contribution in [3.8, 4) is 44.5 Å². The Kier molecular flexibility index (Phi) is 10.5. The summed E-state index contributed by atoms with van der Waals surface area (Å²) in [5.74, 6) is 0. The van der Waals surface area contributed by atoms with E-state index < -0.39 is 0 Å². The van der Waals surface area contributed by atoms with Gasteiger partial charge in [0.15, 0.2) is 0 Å². The van der Waals surface area contributed by atoms with Crippen molar-refractivity contribution < 1.29 is 0 Å². The Labute approximate surface area is 446 Å². The molecule has 2 atom stereocenters. The minimum absolute atomic E-state index is 0.164. The van der Waals surface area contributed by atoms with Crippen molar-refractivity contribution in [2.24, 2.45) is 0 Å². The zero-order chi connectivity index (χ0) is 50.2. The molecule has 15 rings (SSSR count). The molecule has 0 bridgehead atoms. The normalized spacial score (nSPS) is 17.3. The Morgan fingerprint density at radius 2 is 0.539 bits per heavy atom. The zero-order valence-electron chi connectivity index (χ0n) is 42.5. The van der Waals surface area contributed by atoms with Gasteiger partial charge in [0.25, 0.3) is 0 Å². The molecule has 4 aliphatic rings. The van der Waals surface area contributed by atoms with Crippen molar-refractivity contribution in [2.75, 3.05) is 9.80 Å².